The van der Waals surface area contributed by atoms with Crippen molar-refractivity contribution in [1.82, 2.24) is 9.97 Å². The van der Waals surface area contributed by atoms with Crippen molar-refractivity contribution in [2.45, 2.75) is 18.9 Å². The molecule has 1 aliphatic carbocycles. The zero-order valence-corrected chi connectivity index (χ0v) is 10.2. The summed E-state index contributed by atoms with van der Waals surface area (Å²) in [5.41, 5.74) is 0.878. The first-order valence-corrected chi connectivity index (χ1v) is 6.13. The van der Waals surface area contributed by atoms with Crippen LogP contribution in [0.2, 0.25) is 0 Å². The average Bonchev–Trinajstić information content (AvgIpc) is 2.91. The van der Waals surface area contributed by atoms with Crippen molar-refractivity contribution >= 4 is 22.7 Å². The number of rotatable bonds is 3. The molecule has 0 aliphatic heterocycles. The molecule has 5 heteroatoms. The molecule has 96 valence electrons. The van der Waals surface area contributed by atoms with Crippen LogP contribution in [0.1, 0.15) is 23.2 Å². The van der Waals surface area contributed by atoms with Gasteiger partial charge in [-0.1, -0.05) is 12.2 Å². The van der Waals surface area contributed by atoms with Gasteiger partial charge in [0.2, 0.25) is 0 Å². The lowest BCUT2D eigenvalue weighted by atomic mass is 10.1. The number of anilines is 1. The minimum atomic E-state index is -0.949. The Labute approximate surface area is 110 Å². The van der Waals surface area contributed by atoms with Crippen LogP contribution >= 0.6 is 0 Å². The predicted molar refractivity (Wildman–Crippen MR) is 72.3 cm³/mol. The highest BCUT2D eigenvalue weighted by atomic mass is 16.4. The zero-order chi connectivity index (χ0) is 13.2. The van der Waals surface area contributed by atoms with Crippen molar-refractivity contribution in [3.05, 3.63) is 42.2 Å². The molecule has 0 unspecified atom stereocenters. The fourth-order valence-electron chi connectivity index (χ4n) is 2.23. The van der Waals surface area contributed by atoms with E-state index in [9.17, 15) is 4.79 Å². The van der Waals surface area contributed by atoms with Crippen LogP contribution in [0.3, 0.4) is 0 Å². The van der Waals surface area contributed by atoms with E-state index in [4.69, 9.17) is 5.11 Å². The molecule has 0 saturated carbocycles. The summed E-state index contributed by atoms with van der Waals surface area (Å²) in [7, 11) is 0. The highest BCUT2D eigenvalue weighted by molar-refractivity contribution is 5.96. The Morgan fingerprint density at radius 3 is 2.79 bits per heavy atom. The third-order valence-electron chi connectivity index (χ3n) is 3.23. The molecule has 0 bridgehead atoms. The van der Waals surface area contributed by atoms with Gasteiger partial charge in [0, 0.05) is 11.4 Å². The molecule has 5 nitrogen and oxygen atoms in total. The summed E-state index contributed by atoms with van der Waals surface area (Å²) in [5, 5.41) is 13.2. The molecule has 0 atom stereocenters. The van der Waals surface area contributed by atoms with E-state index in [1.807, 2.05) is 0 Å². The van der Waals surface area contributed by atoms with Crippen LogP contribution in [0.4, 0.5) is 5.82 Å². The fraction of sp³-hybridized carbons (Fsp3) is 0.214. The van der Waals surface area contributed by atoms with Crippen LogP contribution in [-0.2, 0) is 0 Å². The maximum absolute atomic E-state index is 10.9. The van der Waals surface area contributed by atoms with Gasteiger partial charge in [-0.2, -0.15) is 0 Å². The van der Waals surface area contributed by atoms with Crippen molar-refractivity contribution in [2.75, 3.05) is 5.32 Å². The fourth-order valence-corrected chi connectivity index (χ4v) is 2.23. The molecule has 0 amide bonds. The molecule has 0 spiro atoms. The minimum Gasteiger partial charge on any atom is -0.478 e. The van der Waals surface area contributed by atoms with Crippen molar-refractivity contribution in [2.24, 2.45) is 0 Å². The Balaban J connectivity index is 1.98. The number of carboxylic acids is 1. The standard InChI is InChI=1S/C14H13N3O2/c18-14(19)9-5-6-11-12(7-9)15-8-16-13(11)17-10-3-1-2-4-10/h1-2,5-8,10H,3-4H2,(H,18,19)(H,15,16,17). The van der Waals surface area contributed by atoms with E-state index in [2.05, 4.69) is 27.4 Å². The number of carboxylic acid groups (broad SMARTS) is 1. The third-order valence-corrected chi connectivity index (χ3v) is 3.23. The van der Waals surface area contributed by atoms with Gasteiger partial charge in [0.15, 0.2) is 0 Å². The van der Waals surface area contributed by atoms with Gasteiger partial charge in [0.25, 0.3) is 0 Å². The molecule has 1 aromatic carbocycles. The molecule has 19 heavy (non-hydrogen) atoms. The van der Waals surface area contributed by atoms with E-state index < -0.39 is 5.97 Å². The zero-order valence-electron chi connectivity index (χ0n) is 10.2. The number of nitrogens with one attached hydrogen (secondary N) is 1. The van der Waals surface area contributed by atoms with Crippen LogP contribution in [0.25, 0.3) is 10.9 Å². The lowest BCUT2D eigenvalue weighted by Gasteiger charge is -2.14. The van der Waals surface area contributed by atoms with Crippen molar-refractivity contribution in [1.29, 1.82) is 0 Å². The average molecular weight is 255 g/mol. The van der Waals surface area contributed by atoms with E-state index in [-0.39, 0.29) is 5.56 Å². The van der Waals surface area contributed by atoms with E-state index in [1.165, 1.54) is 6.33 Å². The molecular formula is C14H13N3O2. The van der Waals surface area contributed by atoms with E-state index in [0.717, 1.165) is 24.0 Å². The summed E-state index contributed by atoms with van der Waals surface area (Å²) in [6.45, 7) is 0. The van der Waals surface area contributed by atoms with E-state index in [1.54, 1.807) is 18.2 Å². The molecule has 0 radical (unpaired) electrons. The molecule has 1 aliphatic rings. The molecular weight excluding hydrogens is 242 g/mol. The summed E-state index contributed by atoms with van der Waals surface area (Å²) in [6, 6.07) is 5.25. The van der Waals surface area contributed by atoms with Gasteiger partial charge in [0.05, 0.1) is 11.1 Å². The Hall–Kier alpha value is -2.43. The highest BCUT2D eigenvalue weighted by Gasteiger charge is 2.13. The third kappa shape index (κ3) is 2.27. The van der Waals surface area contributed by atoms with Crippen molar-refractivity contribution in [3.8, 4) is 0 Å². The van der Waals surface area contributed by atoms with Gasteiger partial charge in [-0.15, -0.1) is 0 Å². The Kier molecular flexibility index (Phi) is 2.87. The maximum atomic E-state index is 10.9. The lowest BCUT2D eigenvalue weighted by Crippen LogP contribution is -2.16. The van der Waals surface area contributed by atoms with Crippen LogP contribution in [0, 0.1) is 0 Å². The molecule has 2 aromatic rings. The second-order valence-corrected chi connectivity index (χ2v) is 4.54. The highest BCUT2D eigenvalue weighted by Crippen LogP contribution is 2.23. The molecule has 1 heterocycles. The van der Waals surface area contributed by atoms with Crippen LogP contribution in [0.15, 0.2) is 36.7 Å². The molecule has 0 saturated heterocycles. The summed E-state index contributed by atoms with van der Waals surface area (Å²) in [4.78, 5) is 19.3. The summed E-state index contributed by atoms with van der Waals surface area (Å²) < 4.78 is 0. The second kappa shape index (κ2) is 4.68. The lowest BCUT2D eigenvalue weighted by molar-refractivity contribution is 0.0697. The number of hydrogen-bond donors (Lipinski definition) is 2. The van der Waals surface area contributed by atoms with Crippen molar-refractivity contribution < 1.29 is 9.90 Å². The Morgan fingerprint density at radius 1 is 1.26 bits per heavy atom. The number of aromatic carboxylic acids is 1. The van der Waals surface area contributed by atoms with Gasteiger partial charge in [0.1, 0.15) is 12.1 Å². The van der Waals surface area contributed by atoms with Gasteiger partial charge >= 0.3 is 5.97 Å². The van der Waals surface area contributed by atoms with Crippen molar-refractivity contribution in [3.63, 3.8) is 0 Å². The first-order chi connectivity index (χ1) is 9.24. The van der Waals surface area contributed by atoms with Crippen LogP contribution in [0.5, 0.6) is 0 Å². The molecule has 2 N–H and O–H groups in total. The molecule has 3 rings (SSSR count). The summed E-state index contributed by atoms with van der Waals surface area (Å²) in [5.74, 6) is -0.189. The van der Waals surface area contributed by atoms with Gasteiger partial charge < -0.3 is 10.4 Å². The largest absolute Gasteiger partial charge is 0.478 e. The van der Waals surface area contributed by atoms with Crippen LogP contribution < -0.4 is 5.32 Å². The Morgan fingerprint density at radius 2 is 2.05 bits per heavy atom. The second-order valence-electron chi connectivity index (χ2n) is 4.54. The first-order valence-electron chi connectivity index (χ1n) is 6.13. The SMILES string of the molecule is O=C(O)c1ccc2c(NC3CC=CC3)ncnc2c1. The normalized spacial score (nSPS) is 14.9. The Bertz CT molecular complexity index is 659. The number of benzene rings is 1. The monoisotopic (exact) mass is 255 g/mol. The summed E-state index contributed by atoms with van der Waals surface area (Å²) >= 11 is 0. The van der Waals surface area contributed by atoms with Crippen LogP contribution in [-0.4, -0.2) is 27.1 Å². The number of nitrogens with zero attached hydrogens (tertiary/aromatic N) is 2. The number of carbonyl (C=O) groups is 1. The van der Waals surface area contributed by atoms with Gasteiger partial charge in [-0.25, -0.2) is 14.8 Å². The minimum absolute atomic E-state index is 0.236. The van der Waals surface area contributed by atoms with Gasteiger partial charge in [-0.3, -0.25) is 0 Å². The number of fused-ring (bicyclic) bond motifs is 1. The predicted octanol–water partition coefficient (Wildman–Crippen LogP) is 2.46. The maximum Gasteiger partial charge on any atom is 0.335 e. The topological polar surface area (TPSA) is 75.1 Å². The van der Waals surface area contributed by atoms with E-state index >= 15 is 0 Å². The quantitative estimate of drug-likeness (QED) is 0.824. The number of hydrogen-bond acceptors (Lipinski definition) is 4. The molecule has 1 aromatic heterocycles. The first kappa shape index (κ1) is 11.6. The smallest absolute Gasteiger partial charge is 0.335 e. The van der Waals surface area contributed by atoms with E-state index in [0.29, 0.717) is 11.6 Å². The summed E-state index contributed by atoms with van der Waals surface area (Å²) in [6.07, 6.45) is 7.71. The number of aromatic nitrogens is 2. The van der Waals surface area contributed by atoms with Gasteiger partial charge in [-0.05, 0) is 31.0 Å². The molecule has 0 fully saturated rings.